The van der Waals surface area contributed by atoms with E-state index in [9.17, 15) is 0 Å². The van der Waals surface area contributed by atoms with Crippen LogP contribution in [0.15, 0.2) is 51.9 Å². The van der Waals surface area contributed by atoms with Crippen molar-refractivity contribution in [2.45, 2.75) is 0 Å². The lowest BCUT2D eigenvalue weighted by atomic mass is 10.2. The molecular weight excluding hydrogens is 316 g/mol. The summed E-state index contributed by atoms with van der Waals surface area (Å²) in [5, 5.41) is 0.695. The molecule has 0 radical (unpaired) electrons. The normalized spacial score (nSPS) is 13.1. The highest BCUT2D eigenvalue weighted by Gasteiger charge is 2.14. The van der Waals surface area contributed by atoms with E-state index in [4.69, 9.17) is 16.4 Å². The summed E-state index contributed by atoms with van der Waals surface area (Å²) >= 11 is 9.24. The van der Waals surface area contributed by atoms with Crippen molar-refractivity contribution in [3.8, 4) is 5.75 Å². The van der Waals surface area contributed by atoms with Gasteiger partial charge in [0, 0.05) is 15.1 Å². The molecule has 2 aromatic carbocycles. The maximum Gasteiger partial charge on any atom is 0.181 e. The molecule has 3 rings (SSSR count). The number of amidine groups is 1. The van der Waals surface area contributed by atoms with Gasteiger partial charge in [0.1, 0.15) is 5.69 Å². The lowest BCUT2D eigenvalue weighted by molar-refractivity contribution is 0.258. The number of hydroxylamine groups is 1. The van der Waals surface area contributed by atoms with Crippen LogP contribution in [0.5, 0.6) is 5.75 Å². The van der Waals surface area contributed by atoms with Crippen LogP contribution in [-0.2, 0) is 0 Å². The lowest BCUT2D eigenvalue weighted by Crippen LogP contribution is -2.30. The maximum absolute atomic E-state index is 5.85. The molecule has 0 bridgehead atoms. The van der Waals surface area contributed by atoms with Crippen LogP contribution in [0.4, 0.5) is 5.69 Å². The molecular formula is C13H8BrClN2O. The van der Waals surface area contributed by atoms with Gasteiger partial charge in [0.25, 0.3) is 0 Å². The zero-order chi connectivity index (χ0) is 12.5. The Hall–Kier alpha value is -1.52. The van der Waals surface area contributed by atoms with Crippen molar-refractivity contribution >= 4 is 39.1 Å². The Morgan fingerprint density at radius 2 is 1.89 bits per heavy atom. The maximum atomic E-state index is 5.85. The summed E-state index contributed by atoms with van der Waals surface area (Å²) in [6.45, 7) is 0. The van der Waals surface area contributed by atoms with E-state index in [2.05, 4.69) is 26.4 Å². The van der Waals surface area contributed by atoms with E-state index < -0.39 is 0 Å². The largest absolute Gasteiger partial charge is 0.378 e. The fourth-order valence-corrected chi connectivity index (χ4v) is 2.11. The van der Waals surface area contributed by atoms with Gasteiger partial charge in [-0.2, -0.15) is 0 Å². The Balaban J connectivity index is 2.00. The van der Waals surface area contributed by atoms with Gasteiger partial charge in [-0.25, -0.2) is 10.5 Å². The van der Waals surface area contributed by atoms with Gasteiger partial charge in [0.15, 0.2) is 11.6 Å². The van der Waals surface area contributed by atoms with Crippen molar-refractivity contribution in [1.29, 1.82) is 0 Å². The third-order valence-electron chi connectivity index (χ3n) is 2.53. The van der Waals surface area contributed by atoms with E-state index in [0.29, 0.717) is 16.6 Å². The molecule has 0 atom stereocenters. The van der Waals surface area contributed by atoms with Gasteiger partial charge in [-0.1, -0.05) is 27.5 Å². The first-order valence-electron chi connectivity index (χ1n) is 5.29. The van der Waals surface area contributed by atoms with Crippen LogP contribution in [0, 0.1) is 0 Å². The SMILES string of the molecule is Clc1ccc(C2=Nc3ccc(Br)cc3ON2)cc1. The Morgan fingerprint density at radius 1 is 1.11 bits per heavy atom. The highest BCUT2D eigenvalue weighted by molar-refractivity contribution is 9.10. The van der Waals surface area contributed by atoms with Crippen LogP contribution in [0.1, 0.15) is 5.56 Å². The fourth-order valence-electron chi connectivity index (χ4n) is 1.64. The molecule has 5 heteroatoms. The van der Waals surface area contributed by atoms with Gasteiger partial charge < -0.3 is 4.84 Å². The third kappa shape index (κ3) is 2.21. The second-order valence-corrected chi connectivity index (χ2v) is 5.14. The number of hydrogen-bond donors (Lipinski definition) is 1. The monoisotopic (exact) mass is 322 g/mol. The van der Waals surface area contributed by atoms with E-state index in [0.717, 1.165) is 15.7 Å². The van der Waals surface area contributed by atoms with Crippen molar-refractivity contribution < 1.29 is 4.84 Å². The molecule has 18 heavy (non-hydrogen) atoms. The molecule has 1 N–H and O–H groups in total. The summed E-state index contributed by atoms with van der Waals surface area (Å²) in [6.07, 6.45) is 0. The molecule has 0 saturated carbocycles. The van der Waals surface area contributed by atoms with E-state index in [1.54, 1.807) is 0 Å². The number of fused-ring (bicyclic) bond motifs is 1. The van der Waals surface area contributed by atoms with Crippen LogP contribution in [-0.4, -0.2) is 5.84 Å². The smallest absolute Gasteiger partial charge is 0.181 e. The van der Waals surface area contributed by atoms with Crippen molar-refractivity contribution in [2.24, 2.45) is 4.99 Å². The molecule has 0 fully saturated rings. The standard InChI is InChI=1S/C13H8BrClN2O/c14-9-3-6-11-12(7-9)18-17-13(16-11)8-1-4-10(15)5-2-8/h1-7H,(H,16,17). The van der Waals surface area contributed by atoms with E-state index >= 15 is 0 Å². The van der Waals surface area contributed by atoms with Crippen molar-refractivity contribution in [3.05, 3.63) is 57.5 Å². The first-order chi connectivity index (χ1) is 8.72. The van der Waals surface area contributed by atoms with Crippen molar-refractivity contribution in [1.82, 2.24) is 5.48 Å². The Kier molecular flexibility index (Phi) is 2.97. The van der Waals surface area contributed by atoms with E-state index in [1.165, 1.54) is 0 Å². The Bertz CT molecular complexity index is 625. The molecule has 2 aromatic rings. The second kappa shape index (κ2) is 4.63. The molecule has 3 nitrogen and oxygen atoms in total. The highest BCUT2D eigenvalue weighted by Crippen LogP contribution is 2.32. The Labute approximate surface area is 118 Å². The van der Waals surface area contributed by atoms with Crippen LogP contribution in [0.25, 0.3) is 0 Å². The predicted octanol–water partition coefficient (Wildman–Crippen LogP) is 4.08. The summed E-state index contributed by atoms with van der Waals surface area (Å²) in [6, 6.07) is 13.1. The van der Waals surface area contributed by atoms with E-state index in [1.807, 2.05) is 42.5 Å². The molecule has 0 aliphatic carbocycles. The number of hydrogen-bond acceptors (Lipinski definition) is 3. The minimum Gasteiger partial charge on any atom is -0.378 e. The van der Waals surface area contributed by atoms with Crippen molar-refractivity contribution in [2.75, 3.05) is 0 Å². The zero-order valence-electron chi connectivity index (χ0n) is 9.15. The minimum atomic E-state index is 0.668. The van der Waals surface area contributed by atoms with Gasteiger partial charge in [-0.15, -0.1) is 0 Å². The molecule has 1 heterocycles. The van der Waals surface area contributed by atoms with E-state index in [-0.39, 0.29) is 0 Å². The highest BCUT2D eigenvalue weighted by atomic mass is 79.9. The summed E-state index contributed by atoms with van der Waals surface area (Å²) in [5.41, 5.74) is 4.54. The quantitative estimate of drug-likeness (QED) is 0.858. The molecule has 0 amide bonds. The van der Waals surface area contributed by atoms with Crippen LogP contribution in [0.3, 0.4) is 0 Å². The molecule has 0 unspecified atom stereocenters. The molecule has 0 aromatic heterocycles. The first-order valence-corrected chi connectivity index (χ1v) is 6.46. The average molecular weight is 324 g/mol. The van der Waals surface area contributed by atoms with Gasteiger partial charge in [0.05, 0.1) is 0 Å². The van der Waals surface area contributed by atoms with Crippen LogP contribution >= 0.6 is 27.5 Å². The first kappa shape index (κ1) is 11.6. The molecule has 0 spiro atoms. The molecule has 90 valence electrons. The van der Waals surface area contributed by atoms with Gasteiger partial charge in [0.2, 0.25) is 0 Å². The minimum absolute atomic E-state index is 0.668. The molecule has 0 saturated heterocycles. The van der Waals surface area contributed by atoms with Crippen molar-refractivity contribution in [3.63, 3.8) is 0 Å². The van der Waals surface area contributed by atoms with Crippen LogP contribution < -0.4 is 10.3 Å². The number of rotatable bonds is 1. The summed E-state index contributed by atoms with van der Waals surface area (Å²) in [7, 11) is 0. The van der Waals surface area contributed by atoms with Crippen LogP contribution in [0.2, 0.25) is 5.02 Å². The number of benzene rings is 2. The zero-order valence-corrected chi connectivity index (χ0v) is 11.5. The number of nitrogens with zero attached hydrogens (tertiary/aromatic N) is 1. The molecule has 1 aliphatic rings. The number of halogens is 2. The number of aliphatic imine (C=N–C) groups is 1. The van der Waals surface area contributed by atoms with Gasteiger partial charge >= 0.3 is 0 Å². The summed E-state index contributed by atoms with van der Waals surface area (Å²) in [5.74, 6) is 1.36. The van der Waals surface area contributed by atoms with Gasteiger partial charge in [-0.3, -0.25) is 0 Å². The fraction of sp³-hybridized carbons (Fsp3) is 0. The number of nitrogens with one attached hydrogen (secondary N) is 1. The van der Waals surface area contributed by atoms with Gasteiger partial charge in [-0.05, 0) is 42.5 Å². The summed E-state index contributed by atoms with van der Waals surface area (Å²) < 4.78 is 0.952. The average Bonchev–Trinajstić information content (AvgIpc) is 2.39. The summed E-state index contributed by atoms with van der Waals surface area (Å²) in [4.78, 5) is 9.96. The lowest BCUT2D eigenvalue weighted by Gasteiger charge is -2.18. The third-order valence-corrected chi connectivity index (χ3v) is 3.27. The second-order valence-electron chi connectivity index (χ2n) is 3.78. The Morgan fingerprint density at radius 3 is 2.67 bits per heavy atom. The molecule has 1 aliphatic heterocycles. The predicted molar refractivity (Wildman–Crippen MR) is 75.6 cm³/mol. The topological polar surface area (TPSA) is 33.6 Å².